The average molecular weight is 306 g/mol. The van der Waals surface area contributed by atoms with Crippen molar-refractivity contribution in [1.29, 1.82) is 0 Å². The van der Waals surface area contributed by atoms with E-state index in [0.717, 1.165) is 24.3 Å². The summed E-state index contributed by atoms with van der Waals surface area (Å²) >= 11 is 0. The third kappa shape index (κ3) is 4.38. The number of aliphatic carboxylic acids is 1. The summed E-state index contributed by atoms with van der Waals surface area (Å²) in [4.78, 5) is 26.2. The summed E-state index contributed by atoms with van der Waals surface area (Å²) < 4.78 is 5.00. The second kappa shape index (κ2) is 7.68. The quantitative estimate of drug-likeness (QED) is 0.901. The van der Waals surface area contributed by atoms with Crippen LogP contribution >= 0.6 is 0 Å². The first-order valence-corrected chi connectivity index (χ1v) is 7.57. The van der Waals surface area contributed by atoms with Gasteiger partial charge in [-0.05, 0) is 31.0 Å². The van der Waals surface area contributed by atoms with Gasteiger partial charge in [-0.3, -0.25) is 4.79 Å². The van der Waals surface area contributed by atoms with E-state index in [-0.39, 0.29) is 12.5 Å². The highest BCUT2D eigenvalue weighted by atomic mass is 16.6. The van der Waals surface area contributed by atoms with Crippen molar-refractivity contribution in [2.75, 3.05) is 37.7 Å². The molecule has 6 heteroatoms. The summed E-state index contributed by atoms with van der Waals surface area (Å²) in [5.41, 5.74) is 2.12. The molecule has 0 unspecified atom stereocenters. The molecule has 0 aromatic heterocycles. The molecule has 1 amide bonds. The zero-order chi connectivity index (χ0) is 15.9. The van der Waals surface area contributed by atoms with Crippen molar-refractivity contribution >= 4 is 17.7 Å². The molecule has 0 spiro atoms. The molecule has 1 fully saturated rings. The number of anilines is 1. The zero-order valence-corrected chi connectivity index (χ0v) is 12.8. The number of aryl methyl sites for hydroxylation is 1. The Morgan fingerprint density at radius 1 is 1.14 bits per heavy atom. The average Bonchev–Trinajstić information content (AvgIpc) is 2.54. The van der Waals surface area contributed by atoms with E-state index in [0.29, 0.717) is 26.1 Å². The van der Waals surface area contributed by atoms with Crippen molar-refractivity contribution in [1.82, 2.24) is 4.90 Å². The third-order valence-corrected chi connectivity index (χ3v) is 3.73. The smallest absolute Gasteiger partial charge is 0.409 e. The second-order valence-corrected chi connectivity index (χ2v) is 5.23. The fourth-order valence-electron chi connectivity index (χ4n) is 2.49. The number of hydrogen-bond donors (Lipinski definition) is 1. The number of piperazine rings is 1. The molecule has 0 aliphatic carbocycles. The number of carboxylic acids is 1. The second-order valence-electron chi connectivity index (χ2n) is 5.23. The lowest BCUT2D eigenvalue weighted by Crippen LogP contribution is -2.49. The van der Waals surface area contributed by atoms with Gasteiger partial charge in [0.2, 0.25) is 0 Å². The van der Waals surface area contributed by atoms with Crippen LogP contribution in [0.1, 0.15) is 18.9 Å². The van der Waals surface area contributed by atoms with E-state index in [4.69, 9.17) is 9.84 Å². The first-order chi connectivity index (χ1) is 10.6. The van der Waals surface area contributed by atoms with Crippen LogP contribution in [0, 0.1) is 0 Å². The number of carbonyl (C=O) groups excluding carboxylic acids is 1. The molecule has 1 aromatic rings. The highest BCUT2D eigenvalue weighted by Crippen LogP contribution is 2.18. The molecule has 0 bridgehead atoms. The van der Waals surface area contributed by atoms with Gasteiger partial charge < -0.3 is 19.6 Å². The van der Waals surface area contributed by atoms with Crippen molar-refractivity contribution in [3.8, 4) is 0 Å². The molecule has 1 aliphatic rings. The minimum absolute atomic E-state index is 0.150. The van der Waals surface area contributed by atoms with E-state index in [1.165, 1.54) is 0 Å². The van der Waals surface area contributed by atoms with Crippen molar-refractivity contribution in [2.45, 2.75) is 19.8 Å². The van der Waals surface area contributed by atoms with E-state index in [1.807, 2.05) is 24.3 Å². The largest absolute Gasteiger partial charge is 0.481 e. The first-order valence-electron chi connectivity index (χ1n) is 7.57. The minimum atomic E-state index is -0.779. The molecule has 0 radical (unpaired) electrons. The van der Waals surface area contributed by atoms with E-state index in [2.05, 4.69) is 4.90 Å². The van der Waals surface area contributed by atoms with Crippen LogP contribution in [0.4, 0.5) is 10.5 Å². The van der Waals surface area contributed by atoms with Gasteiger partial charge in [0.05, 0.1) is 6.61 Å². The Balaban J connectivity index is 1.86. The lowest BCUT2D eigenvalue weighted by atomic mass is 10.1. The number of amides is 1. The standard InChI is InChI=1S/C16H22N2O4/c1-2-22-16(21)18-11-9-17(10-12-18)14-6-3-13(4-7-14)5-8-15(19)20/h3-4,6-7H,2,5,8-12H2,1H3,(H,19,20). The predicted molar refractivity (Wildman–Crippen MR) is 83.2 cm³/mol. The highest BCUT2D eigenvalue weighted by Gasteiger charge is 2.21. The Kier molecular flexibility index (Phi) is 5.63. The molecule has 22 heavy (non-hydrogen) atoms. The highest BCUT2D eigenvalue weighted by molar-refractivity contribution is 5.68. The number of rotatable bonds is 5. The van der Waals surface area contributed by atoms with Crippen LogP contribution < -0.4 is 4.90 Å². The maximum Gasteiger partial charge on any atom is 0.409 e. The van der Waals surface area contributed by atoms with Crippen LogP contribution in [0.2, 0.25) is 0 Å². The Morgan fingerprint density at radius 3 is 2.32 bits per heavy atom. The number of carboxylic acid groups (broad SMARTS) is 1. The summed E-state index contributed by atoms with van der Waals surface area (Å²) in [5.74, 6) is -0.779. The molecule has 1 aliphatic heterocycles. The van der Waals surface area contributed by atoms with Gasteiger partial charge in [-0.15, -0.1) is 0 Å². The fraction of sp³-hybridized carbons (Fsp3) is 0.500. The van der Waals surface area contributed by atoms with Crippen LogP contribution in [0.15, 0.2) is 24.3 Å². The maximum atomic E-state index is 11.7. The Labute approximate surface area is 130 Å². The van der Waals surface area contributed by atoms with Gasteiger partial charge in [0.15, 0.2) is 0 Å². The van der Waals surface area contributed by atoms with Crippen LogP contribution in [-0.2, 0) is 16.0 Å². The number of nitrogens with zero attached hydrogens (tertiary/aromatic N) is 2. The van der Waals surface area contributed by atoms with Crippen molar-refractivity contribution in [3.63, 3.8) is 0 Å². The Hall–Kier alpha value is -2.24. The van der Waals surface area contributed by atoms with Gasteiger partial charge in [-0.25, -0.2) is 4.79 Å². The number of carbonyl (C=O) groups is 2. The van der Waals surface area contributed by atoms with Crippen LogP contribution in [-0.4, -0.2) is 54.9 Å². The van der Waals surface area contributed by atoms with Crippen LogP contribution in [0.3, 0.4) is 0 Å². The van der Waals surface area contributed by atoms with E-state index < -0.39 is 5.97 Å². The summed E-state index contributed by atoms with van der Waals surface area (Å²) in [6.45, 7) is 5.05. The molecule has 1 heterocycles. The summed E-state index contributed by atoms with van der Waals surface area (Å²) in [6, 6.07) is 7.96. The molecule has 120 valence electrons. The molecule has 1 aromatic carbocycles. The SMILES string of the molecule is CCOC(=O)N1CCN(c2ccc(CCC(=O)O)cc2)CC1. The van der Waals surface area contributed by atoms with Gasteiger partial charge in [0.1, 0.15) is 0 Å². The molecule has 0 saturated carbocycles. The zero-order valence-electron chi connectivity index (χ0n) is 12.8. The lowest BCUT2D eigenvalue weighted by molar-refractivity contribution is -0.136. The molecule has 2 rings (SSSR count). The number of ether oxygens (including phenoxy) is 1. The third-order valence-electron chi connectivity index (χ3n) is 3.73. The van der Waals surface area contributed by atoms with Crippen molar-refractivity contribution in [3.05, 3.63) is 29.8 Å². The number of benzene rings is 1. The maximum absolute atomic E-state index is 11.7. The molecule has 0 atom stereocenters. The summed E-state index contributed by atoms with van der Waals surface area (Å²) in [7, 11) is 0. The molecular formula is C16H22N2O4. The molecule has 1 N–H and O–H groups in total. The lowest BCUT2D eigenvalue weighted by Gasteiger charge is -2.35. The van der Waals surface area contributed by atoms with Crippen molar-refractivity contribution < 1.29 is 19.4 Å². The Morgan fingerprint density at radius 2 is 1.77 bits per heavy atom. The van der Waals surface area contributed by atoms with Gasteiger partial charge in [-0.2, -0.15) is 0 Å². The first kappa shape index (κ1) is 16.1. The summed E-state index contributed by atoms with van der Waals surface area (Å²) in [5, 5.41) is 8.69. The van der Waals surface area contributed by atoms with Gasteiger partial charge in [0, 0.05) is 38.3 Å². The number of hydrogen-bond acceptors (Lipinski definition) is 4. The summed E-state index contributed by atoms with van der Waals surface area (Å²) in [6.07, 6.45) is 0.454. The van der Waals surface area contributed by atoms with E-state index >= 15 is 0 Å². The van der Waals surface area contributed by atoms with Crippen LogP contribution in [0.5, 0.6) is 0 Å². The van der Waals surface area contributed by atoms with E-state index in [1.54, 1.807) is 11.8 Å². The van der Waals surface area contributed by atoms with Crippen LogP contribution in [0.25, 0.3) is 0 Å². The minimum Gasteiger partial charge on any atom is -0.481 e. The normalized spacial score (nSPS) is 14.8. The van der Waals surface area contributed by atoms with Gasteiger partial charge >= 0.3 is 12.1 Å². The van der Waals surface area contributed by atoms with Gasteiger partial charge in [0.25, 0.3) is 0 Å². The fourth-order valence-corrected chi connectivity index (χ4v) is 2.49. The molecule has 6 nitrogen and oxygen atoms in total. The monoisotopic (exact) mass is 306 g/mol. The Bertz CT molecular complexity index is 507. The topological polar surface area (TPSA) is 70.1 Å². The molecule has 1 saturated heterocycles. The van der Waals surface area contributed by atoms with Gasteiger partial charge in [-0.1, -0.05) is 12.1 Å². The molecular weight excluding hydrogens is 284 g/mol. The predicted octanol–water partition coefficient (Wildman–Crippen LogP) is 1.98. The van der Waals surface area contributed by atoms with E-state index in [9.17, 15) is 9.59 Å². The van der Waals surface area contributed by atoms with Crippen molar-refractivity contribution in [2.24, 2.45) is 0 Å².